The lowest BCUT2D eigenvalue weighted by Crippen LogP contribution is -2.50. The van der Waals surface area contributed by atoms with E-state index in [0.29, 0.717) is 5.91 Å². The fraction of sp³-hybridized carbons (Fsp3) is 0.778. The highest BCUT2D eigenvalue weighted by molar-refractivity contribution is 5.84. The van der Waals surface area contributed by atoms with Crippen molar-refractivity contribution in [1.82, 2.24) is 19.4 Å². The van der Waals surface area contributed by atoms with E-state index in [4.69, 9.17) is 0 Å². The van der Waals surface area contributed by atoms with Crippen LogP contribution < -0.4 is 0 Å². The minimum absolute atomic E-state index is 0.0965. The van der Waals surface area contributed by atoms with Crippen molar-refractivity contribution < 1.29 is 4.79 Å². The zero-order chi connectivity index (χ0) is 16.0. The standard InChI is InChI=1S/C18H28N4O/c1-14-19-10-16(20(14)2)12-21-9-7-18(13-21)6-3-8-22(17(18)23)11-15-4-5-15/h10,15H,3-9,11-13H2,1-2H3/t18-/m1/s1. The molecule has 0 N–H and O–H groups in total. The molecule has 2 aliphatic heterocycles. The van der Waals surface area contributed by atoms with Crippen LogP contribution in [0.15, 0.2) is 6.20 Å². The lowest BCUT2D eigenvalue weighted by molar-refractivity contribution is -0.145. The molecule has 0 unspecified atom stereocenters. The zero-order valence-electron chi connectivity index (χ0n) is 14.4. The molecule has 3 fully saturated rings. The van der Waals surface area contributed by atoms with Gasteiger partial charge in [0, 0.05) is 39.4 Å². The van der Waals surface area contributed by atoms with Gasteiger partial charge in [0.25, 0.3) is 0 Å². The Balaban J connectivity index is 1.43. The maximum Gasteiger partial charge on any atom is 0.230 e. The van der Waals surface area contributed by atoms with Gasteiger partial charge in [-0.3, -0.25) is 9.69 Å². The number of piperidine rings is 1. The first-order chi connectivity index (χ1) is 11.1. The number of imidazole rings is 1. The largest absolute Gasteiger partial charge is 0.342 e. The van der Waals surface area contributed by atoms with Gasteiger partial charge in [-0.15, -0.1) is 0 Å². The molecule has 1 aliphatic carbocycles. The van der Waals surface area contributed by atoms with E-state index in [-0.39, 0.29) is 5.41 Å². The molecule has 0 aromatic carbocycles. The number of carbonyl (C=O) groups excluding carboxylic acids is 1. The fourth-order valence-corrected chi connectivity index (χ4v) is 4.34. The Morgan fingerprint density at radius 1 is 1.30 bits per heavy atom. The van der Waals surface area contributed by atoms with E-state index in [1.807, 2.05) is 13.1 Å². The summed E-state index contributed by atoms with van der Waals surface area (Å²) in [5.41, 5.74) is 1.15. The number of rotatable bonds is 4. The first kappa shape index (κ1) is 15.2. The van der Waals surface area contributed by atoms with E-state index >= 15 is 0 Å². The van der Waals surface area contributed by atoms with Crippen LogP contribution in [0.3, 0.4) is 0 Å². The second-order valence-corrected chi connectivity index (χ2v) is 7.89. The predicted molar refractivity (Wildman–Crippen MR) is 88.8 cm³/mol. The molecule has 1 atom stereocenters. The molecule has 1 amide bonds. The van der Waals surface area contributed by atoms with E-state index < -0.39 is 0 Å². The van der Waals surface area contributed by atoms with Crippen LogP contribution in [0.5, 0.6) is 0 Å². The molecule has 4 rings (SSSR count). The van der Waals surface area contributed by atoms with Gasteiger partial charge < -0.3 is 9.47 Å². The third-order valence-electron chi connectivity index (χ3n) is 6.13. The molecule has 2 saturated heterocycles. The molecule has 5 heteroatoms. The van der Waals surface area contributed by atoms with Crippen LogP contribution in [0.1, 0.15) is 43.6 Å². The highest BCUT2D eigenvalue weighted by atomic mass is 16.2. The van der Waals surface area contributed by atoms with Crippen LogP contribution in [-0.2, 0) is 18.4 Å². The van der Waals surface area contributed by atoms with E-state index in [1.165, 1.54) is 25.0 Å². The Kier molecular flexibility index (Phi) is 3.71. The first-order valence-electron chi connectivity index (χ1n) is 9.06. The van der Waals surface area contributed by atoms with Crippen molar-refractivity contribution >= 4 is 5.91 Å². The second kappa shape index (κ2) is 5.62. The highest BCUT2D eigenvalue weighted by Gasteiger charge is 2.48. The van der Waals surface area contributed by atoms with E-state index in [2.05, 4.69) is 26.4 Å². The minimum Gasteiger partial charge on any atom is -0.342 e. The highest BCUT2D eigenvalue weighted by Crippen LogP contribution is 2.42. The summed E-state index contributed by atoms with van der Waals surface area (Å²) in [5, 5.41) is 0. The van der Waals surface area contributed by atoms with Gasteiger partial charge in [0.1, 0.15) is 5.82 Å². The van der Waals surface area contributed by atoms with Crippen molar-refractivity contribution in [3.63, 3.8) is 0 Å². The molecule has 0 bridgehead atoms. The summed E-state index contributed by atoms with van der Waals surface area (Å²) in [6, 6.07) is 0. The van der Waals surface area contributed by atoms with Crippen LogP contribution in [0.4, 0.5) is 0 Å². The first-order valence-corrected chi connectivity index (χ1v) is 9.06. The van der Waals surface area contributed by atoms with Crippen molar-refractivity contribution in [2.45, 2.75) is 45.6 Å². The third-order valence-corrected chi connectivity index (χ3v) is 6.13. The van der Waals surface area contributed by atoms with Gasteiger partial charge in [0.05, 0.1) is 11.1 Å². The molecule has 0 radical (unpaired) electrons. The molecule has 23 heavy (non-hydrogen) atoms. The van der Waals surface area contributed by atoms with Gasteiger partial charge in [-0.2, -0.15) is 0 Å². The Morgan fingerprint density at radius 3 is 2.83 bits per heavy atom. The number of likely N-dealkylation sites (tertiary alicyclic amines) is 2. The summed E-state index contributed by atoms with van der Waals surface area (Å²) in [7, 11) is 2.08. The number of nitrogens with zero attached hydrogens (tertiary/aromatic N) is 4. The Hall–Kier alpha value is -1.36. The summed E-state index contributed by atoms with van der Waals surface area (Å²) in [4.78, 5) is 22.1. The summed E-state index contributed by atoms with van der Waals surface area (Å²) >= 11 is 0. The lowest BCUT2D eigenvalue weighted by Gasteiger charge is -2.39. The SMILES string of the molecule is Cc1ncc(CN2CC[C@]3(CCCN(CC4CC4)C3=O)C2)n1C. The van der Waals surface area contributed by atoms with E-state index in [9.17, 15) is 4.79 Å². The van der Waals surface area contributed by atoms with Crippen LogP contribution in [-0.4, -0.2) is 51.4 Å². The van der Waals surface area contributed by atoms with Crippen molar-refractivity contribution in [3.8, 4) is 0 Å². The normalized spacial score (nSPS) is 29.0. The molecular formula is C18H28N4O. The second-order valence-electron chi connectivity index (χ2n) is 7.89. The van der Waals surface area contributed by atoms with Gasteiger partial charge >= 0.3 is 0 Å². The molecule has 5 nitrogen and oxygen atoms in total. The number of carbonyl (C=O) groups is 1. The quantitative estimate of drug-likeness (QED) is 0.852. The van der Waals surface area contributed by atoms with E-state index in [1.54, 1.807) is 0 Å². The molecule has 1 saturated carbocycles. The molecule has 126 valence electrons. The van der Waals surface area contributed by atoms with Gasteiger partial charge in [0.2, 0.25) is 5.91 Å². The van der Waals surface area contributed by atoms with Crippen molar-refractivity contribution in [2.75, 3.05) is 26.2 Å². The van der Waals surface area contributed by atoms with Crippen LogP contribution in [0.2, 0.25) is 0 Å². The lowest BCUT2D eigenvalue weighted by atomic mass is 9.78. The van der Waals surface area contributed by atoms with Gasteiger partial charge in [-0.25, -0.2) is 4.98 Å². The number of aryl methyl sites for hydroxylation is 1. The number of hydrogen-bond donors (Lipinski definition) is 0. The Labute approximate surface area is 138 Å². The third kappa shape index (κ3) is 2.80. The molecule has 1 spiro atoms. The van der Waals surface area contributed by atoms with Crippen LogP contribution in [0, 0.1) is 18.3 Å². The zero-order valence-corrected chi connectivity index (χ0v) is 14.4. The smallest absolute Gasteiger partial charge is 0.230 e. The number of hydrogen-bond acceptors (Lipinski definition) is 3. The van der Waals surface area contributed by atoms with Crippen LogP contribution in [0.25, 0.3) is 0 Å². The summed E-state index contributed by atoms with van der Waals surface area (Å²) in [5.74, 6) is 2.29. The fourth-order valence-electron chi connectivity index (χ4n) is 4.34. The van der Waals surface area contributed by atoms with Gasteiger partial charge in [-0.05, 0) is 51.5 Å². The topological polar surface area (TPSA) is 41.4 Å². The molecule has 3 heterocycles. The molecule has 1 aromatic heterocycles. The van der Waals surface area contributed by atoms with Gasteiger partial charge in [-0.1, -0.05) is 0 Å². The van der Waals surface area contributed by atoms with Crippen molar-refractivity contribution in [3.05, 3.63) is 17.7 Å². The summed E-state index contributed by atoms with van der Waals surface area (Å²) in [6.45, 7) is 6.91. The number of aromatic nitrogens is 2. The van der Waals surface area contributed by atoms with Gasteiger partial charge in [0.15, 0.2) is 0 Å². The van der Waals surface area contributed by atoms with Crippen LogP contribution >= 0.6 is 0 Å². The Morgan fingerprint density at radius 2 is 2.13 bits per heavy atom. The average Bonchev–Trinajstić information content (AvgIpc) is 3.19. The van der Waals surface area contributed by atoms with Crippen molar-refractivity contribution in [2.24, 2.45) is 18.4 Å². The van der Waals surface area contributed by atoms with E-state index in [0.717, 1.165) is 57.3 Å². The van der Waals surface area contributed by atoms with Crippen molar-refractivity contribution in [1.29, 1.82) is 0 Å². The predicted octanol–water partition coefficient (Wildman–Crippen LogP) is 1.95. The maximum atomic E-state index is 13.1. The maximum absolute atomic E-state index is 13.1. The molecular weight excluding hydrogens is 288 g/mol. The average molecular weight is 316 g/mol. The minimum atomic E-state index is -0.0965. The summed E-state index contributed by atoms with van der Waals surface area (Å²) < 4.78 is 2.16. The molecule has 3 aliphatic rings. The monoisotopic (exact) mass is 316 g/mol. The number of amides is 1. The summed E-state index contributed by atoms with van der Waals surface area (Å²) in [6.07, 6.45) is 7.91. The Bertz CT molecular complexity index is 606. The molecule has 1 aromatic rings.